The fraction of sp³-hybridized carbons (Fsp3) is 0.889. The summed E-state index contributed by atoms with van der Waals surface area (Å²) in [5.74, 6) is 2.01. The Morgan fingerprint density at radius 2 is 1.81 bits per heavy atom. The minimum absolute atomic E-state index is 0.0485. The summed E-state index contributed by atoms with van der Waals surface area (Å²) in [6.07, 6.45) is 17.2. The summed E-state index contributed by atoms with van der Waals surface area (Å²) < 4.78 is 24.8. The molecule has 8 atom stereocenters. The number of rotatable bonds is 10. The van der Waals surface area contributed by atoms with Gasteiger partial charge in [0.1, 0.15) is 5.78 Å². The Bertz CT molecular complexity index is 607. The van der Waals surface area contributed by atoms with Gasteiger partial charge in [-0.2, -0.15) is 0 Å². The van der Waals surface area contributed by atoms with E-state index in [0.717, 1.165) is 58.2 Å². The van der Waals surface area contributed by atoms with Crippen LogP contribution in [0.1, 0.15) is 90.9 Å². The van der Waals surface area contributed by atoms with Crippen LogP contribution in [-0.2, 0) is 23.7 Å². The molecule has 0 N–H and O–H groups in total. The van der Waals surface area contributed by atoms with Crippen molar-refractivity contribution in [2.45, 2.75) is 116 Å². The maximum atomic E-state index is 12.2. The third-order valence-corrected chi connectivity index (χ3v) is 8.03. The van der Waals surface area contributed by atoms with E-state index in [1.807, 2.05) is 0 Å². The summed E-state index contributed by atoms with van der Waals surface area (Å²) >= 11 is 0. The van der Waals surface area contributed by atoms with E-state index in [4.69, 9.17) is 18.9 Å². The number of ether oxygens (including phenoxy) is 4. The third kappa shape index (κ3) is 6.43. The first-order chi connectivity index (χ1) is 15.6. The molecule has 2 aliphatic carbocycles. The van der Waals surface area contributed by atoms with Gasteiger partial charge in [-0.05, 0) is 69.1 Å². The molecule has 0 radical (unpaired) electrons. The van der Waals surface area contributed by atoms with Crippen LogP contribution in [0.25, 0.3) is 0 Å². The van der Waals surface area contributed by atoms with Crippen molar-refractivity contribution in [2.24, 2.45) is 23.7 Å². The van der Waals surface area contributed by atoms with Crippen LogP contribution in [-0.4, -0.2) is 43.8 Å². The van der Waals surface area contributed by atoms with Crippen molar-refractivity contribution in [1.82, 2.24) is 0 Å². The van der Waals surface area contributed by atoms with E-state index in [9.17, 15) is 4.79 Å². The molecule has 5 heteroatoms. The van der Waals surface area contributed by atoms with Crippen molar-refractivity contribution in [3.05, 3.63) is 12.2 Å². The Hall–Kier alpha value is -0.750. The van der Waals surface area contributed by atoms with Gasteiger partial charge in [-0.25, -0.2) is 0 Å². The monoisotopic (exact) mass is 448 g/mol. The second kappa shape index (κ2) is 12.1. The van der Waals surface area contributed by atoms with E-state index >= 15 is 0 Å². The number of Topliss-reactive ketones (excluding diaryl/α,β-unsaturated/α-hetero) is 1. The number of carbonyl (C=O) groups excluding carboxylic acids is 1. The fourth-order valence-corrected chi connectivity index (χ4v) is 6.11. The first kappa shape index (κ1) is 24.4. The van der Waals surface area contributed by atoms with E-state index in [-0.39, 0.29) is 30.7 Å². The van der Waals surface area contributed by atoms with E-state index in [2.05, 4.69) is 26.0 Å². The molecule has 3 unspecified atom stereocenters. The molecule has 2 aliphatic heterocycles. The molecular formula is C27H44O5. The Kier molecular flexibility index (Phi) is 9.22. The summed E-state index contributed by atoms with van der Waals surface area (Å²) in [6, 6.07) is 0. The van der Waals surface area contributed by atoms with Crippen LogP contribution < -0.4 is 0 Å². The van der Waals surface area contributed by atoms with E-state index in [1.165, 1.54) is 25.7 Å². The molecule has 2 saturated heterocycles. The van der Waals surface area contributed by atoms with Crippen LogP contribution in [0.2, 0.25) is 0 Å². The first-order valence-electron chi connectivity index (χ1n) is 13.4. The van der Waals surface area contributed by atoms with Crippen LogP contribution in [0.5, 0.6) is 0 Å². The summed E-state index contributed by atoms with van der Waals surface area (Å²) in [5.41, 5.74) is 0. The Morgan fingerprint density at radius 3 is 2.50 bits per heavy atom. The average molecular weight is 449 g/mol. The topological polar surface area (TPSA) is 54.0 Å². The maximum Gasteiger partial charge on any atom is 0.158 e. The van der Waals surface area contributed by atoms with E-state index < -0.39 is 0 Å². The molecule has 2 heterocycles. The average Bonchev–Trinajstić information content (AvgIpc) is 3.31. The first-order valence-corrected chi connectivity index (χ1v) is 13.4. The summed E-state index contributed by atoms with van der Waals surface area (Å²) in [4.78, 5) is 12.2. The minimum Gasteiger partial charge on any atom is -0.353 e. The number of hydrogen-bond donors (Lipinski definition) is 0. The van der Waals surface area contributed by atoms with Crippen molar-refractivity contribution in [3.63, 3.8) is 0 Å². The van der Waals surface area contributed by atoms with Gasteiger partial charge in [0.05, 0.1) is 12.2 Å². The Labute approximate surface area is 194 Å². The number of hydrogen-bond acceptors (Lipinski definition) is 5. The van der Waals surface area contributed by atoms with E-state index in [0.29, 0.717) is 30.0 Å². The van der Waals surface area contributed by atoms with Crippen molar-refractivity contribution in [2.75, 3.05) is 13.2 Å². The Morgan fingerprint density at radius 1 is 1.06 bits per heavy atom. The van der Waals surface area contributed by atoms with Crippen molar-refractivity contribution < 1.29 is 23.7 Å². The number of ketones is 1. The van der Waals surface area contributed by atoms with Crippen molar-refractivity contribution >= 4 is 5.78 Å². The van der Waals surface area contributed by atoms with Crippen molar-refractivity contribution in [1.29, 1.82) is 0 Å². The molecule has 0 aromatic heterocycles. The predicted molar refractivity (Wildman–Crippen MR) is 124 cm³/mol. The lowest BCUT2D eigenvalue weighted by Crippen LogP contribution is -2.32. The molecule has 4 fully saturated rings. The van der Waals surface area contributed by atoms with Gasteiger partial charge in [0.2, 0.25) is 0 Å². The largest absolute Gasteiger partial charge is 0.353 e. The van der Waals surface area contributed by atoms with Gasteiger partial charge in [-0.1, -0.05) is 38.8 Å². The van der Waals surface area contributed by atoms with Crippen LogP contribution in [0.15, 0.2) is 12.2 Å². The van der Waals surface area contributed by atoms with Crippen LogP contribution in [0, 0.1) is 23.7 Å². The fourth-order valence-electron chi connectivity index (χ4n) is 6.11. The normalized spacial score (nSPS) is 37.6. The molecule has 2 saturated carbocycles. The molecule has 0 bridgehead atoms. The molecule has 0 spiro atoms. The van der Waals surface area contributed by atoms with Crippen LogP contribution in [0.4, 0.5) is 0 Å². The Balaban J connectivity index is 1.45. The van der Waals surface area contributed by atoms with Gasteiger partial charge in [0, 0.05) is 32.0 Å². The van der Waals surface area contributed by atoms with Gasteiger partial charge in [-0.3, -0.25) is 4.79 Å². The SMILES string of the molecule is CCCCC(C)[C@@H](/C=C/[C@@H]1[C@H]2CC(=O)C[C@H]2C[C@H]1OC1CCCCO1)OC1CCCCO1. The summed E-state index contributed by atoms with van der Waals surface area (Å²) in [7, 11) is 0. The molecule has 32 heavy (non-hydrogen) atoms. The van der Waals surface area contributed by atoms with E-state index in [1.54, 1.807) is 0 Å². The number of fused-ring (bicyclic) bond motifs is 1. The van der Waals surface area contributed by atoms with Crippen LogP contribution >= 0.6 is 0 Å². The molecule has 0 aromatic rings. The van der Waals surface area contributed by atoms with Crippen LogP contribution in [0.3, 0.4) is 0 Å². The molecule has 0 aromatic carbocycles. The highest BCUT2D eigenvalue weighted by molar-refractivity contribution is 5.81. The lowest BCUT2D eigenvalue weighted by Gasteiger charge is -2.31. The van der Waals surface area contributed by atoms with Gasteiger partial charge < -0.3 is 18.9 Å². The third-order valence-electron chi connectivity index (χ3n) is 8.03. The zero-order chi connectivity index (χ0) is 22.3. The molecule has 0 amide bonds. The van der Waals surface area contributed by atoms with Gasteiger partial charge in [-0.15, -0.1) is 0 Å². The summed E-state index contributed by atoms with van der Waals surface area (Å²) in [6.45, 7) is 6.15. The number of unbranched alkanes of at least 4 members (excludes halogenated alkanes) is 1. The molecule has 182 valence electrons. The van der Waals surface area contributed by atoms with Gasteiger partial charge in [0.25, 0.3) is 0 Å². The zero-order valence-electron chi connectivity index (χ0n) is 20.2. The van der Waals surface area contributed by atoms with Gasteiger partial charge in [0.15, 0.2) is 12.6 Å². The highest BCUT2D eigenvalue weighted by Gasteiger charge is 2.48. The second-order valence-corrected chi connectivity index (χ2v) is 10.6. The maximum absolute atomic E-state index is 12.2. The lowest BCUT2D eigenvalue weighted by molar-refractivity contribution is -0.193. The highest BCUT2D eigenvalue weighted by Crippen LogP contribution is 2.48. The molecule has 4 rings (SSSR count). The predicted octanol–water partition coefficient (Wildman–Crippen LogP) is 5.81. The lowest BCUT2D eigenvalue weighted by atomic mass is 9.89. The van der Waals surface area contributed by atoms with Crippen molar-refractivity contribution in [3.8, 4) is 0 Å². The standard InChI is InChI=1S/C27H44O5/c1-3-4-9-19(2)24(31-26-10-5-7-14-29-26)13-12-22-23-18-21(28)16-20(23)17-25(22)32-27-11-6-8-15-30-27/h12-13,19-20,22-27H,3-11,14-18H2,1-2H3/b13-12+/t19?,20-,22+,23-,24+,25+,26?,27?/m0/s1. The highest BCUT2D eigenvalue weighted by atomic mass is 16.7. The number of carbonyl (C=O) groups is 1. The molecule has 5 nitrogen and oxygen atoms in total. The summed E-state index contributed by atoms with van der Waals surface area (Å²) in [5, 5.41) is 0. The smallest absolute Gasteiger partial charge is 0.158 e. The molecular weight excluding hydrogens is 404 g/mol. The molecule has 4 aliphatic rings. The minimum atomic E-state index is -0.0884. The quantitative estimate of drug-likeness (QED) is 0.395. The van der Waals surface area contributed by atoms with Gasteiger partial charge >= 0.3 is 0 Å². The zero-order valence-corrected chi connectivity index (χ0v) is 20.2. The second-order valence-electron chi connectivity index (χ2n) is 10.6.